The number of aromatic carboxylic acids is 1. The molecule has 0 saturated heterocycles. The number of carbonyl (C=O) groups is 2. The minimum absolute atomic E-state index is 0.0650. The lowest BCUT2D eigenvalue weighted by atomic mass is 10.2. The fourth-order valence-corrected chi connectivity index (χ4v) is 2.10. The molecule has 0 spiro atoms. The van der Waals surface area contributed by atoms with Gasteiger partial charge < -0.3 is 15.6 Å². The molecule has 0 fully saturated rings. The summed E-state index contributed by atoms with van der Waals surface area (Å²) in [5.74, 6) is -1.20. The summed E-state index contributed by atoms with van der Waals surface area (Å²) in [4.78, 5) is 22.0. The smallest absolute Gasteiger partial charge is 0.422 e. The summed E-state index contributed by atoms with van der Waals surface area (Å²) in [7, 11) is -4.24. The maximum Gasteiger partial charge on any atom is 0.422 e. The summed E-state index contributed by atoms with van der Waals surface area (Å²) < 4.78 is 31.6. The molecule has 1 aromatic carbocycles. The van der Waals surface area contributed by atoms with Gasteiger partial charge in [0.2, 0.25) is 0 Å². The fourth-order valence-electron chi connectivity index (χ4n) is 1.31. The Hall–Kier alpha value is -2.49. The van der Waals surface area contributed by atoms with E-state index in [1.807, 2.05) is 4.72 Å². The van der Waals surface area contributed by atoms with E-state index in [4.69, 9.17) is 10.8 Å². The summed E-state index contributed by atoms with van der Waals surface area (Å²) in [6.45, 7) is 3.12. The van der Waals surface area contributed by atoms with Crippen molar-refractivity contribution >= 4 is 33.6 Å². The zero-order chi connectivity index (χ0) is 16.2. The van der Waals surface area contributed by atoms with Crippen molar-refractivity contribution in [1.29, 1.82) is 0 Å². The van der Waals surface area contributed by atoms with Crippen LogP contribution in [0.25, 0.3) is 0 Å². The lowest BCUT2D eigenvalue weighted by Gasteiger charge is -2.13. The first-order valence-corrected chi connectivity index (χ1v) is 7.23. The van der Waals surface area contributed by atoms with Gasteiger partial charge in [0, 0.05) is 0 Å². The Balaban J connectivity index is 2.85. The molecule has 116 valence electrons. The van der Waals surface area contributed by atoms with Gasteiger partial charge in [0.1, 0.15) is 0 Å². The monoisotopic (exact) mass is 317 g/mol. The highest BCUT2D eigenvalue weighted by atomic mass is 32.2. The molecule has 0 atom stereocenters. The molecule has 0 heterocycles. The second-order valence-corrected chi connectivity index (χ2v) is 5.68. The molecule has 10 heteroatoms. The average Bonchev–Trinajstić information content (AvgIpc) is 2.29. The summed E-state index contributed by atoms with van der Waals surface area (Å²) in [5, 5.41) is 8.77. The predicted molar refractivity (Wildman–Crippen MR) is 75.1 cm³/mol. The van der Waals surface area contributed by atoms with E-state index in [1.165, 1.54) is 12.1 Å². The van der Waals surface area contributed by atoms with Crippen molar-refractivity contribution in [2.24, 2.45) is 0 Å². The molecule has 0 aromatic heterocycles. The molecule has 0 aliphatic carbocycles. The Morgan fingerprint density at radius 2 is 1.95 bits per heavy atom. The second kappa shape index (κ2) is 6.31. The molecule has 1 aromatic rings. The number of hydrogen-bond acceptors (Lipinski definition) is 6. The number of hydrogen-bond donors (Lipinski definition) is 4. The number of carboxylic acids is 1. The average molecular weight is 317 g/mol. The predicted octanol–water partition coefficient (Wildman–Crippen LogP) is 0.758. The van der Waals surface area contributed by atoms with Gasteiger partial charge in [-0.15, -0.1) is 0 Å². The number of ether oxygens (including phenoxy) is 1. The normalized spacial score (nSPS) is 11.0. The largest absolute Gasteiger partial charge is 0.478 e. The van der Waals surface area contributed by atoms with Gasteiger partial charge >= 0.3 is 22.3 Å². The maximum absolute atomic E-state index is 11.7. The molecule has 1 rings (SSSR count). The molecular weight excluding hydrogens is 302 g/mol. The Bertz CT molecular complexity index is 656. The van der Waals surface area contributed by atoms with Gasteiger partial charge in [0.25, 0.3) is 0 Å². The van der Waals surface area contributed by atoms with E-state index >= 15 is 0 Å². The van der Waals surface area contributed by atoms with Crippen molar-refractivity contribution in [3.05, 3.63) is 23.8 Å². The summed E-state index contributed by atoms with van der Waals surface area (Å²) >= 11 is 0. The van der Waals surface area contributed by atoms with Gasteiger partial charge in [-0.2, -0.15) is 8.42 Å². The molecule has 1 amide bonds. The van der Waals surface area contributed by atoms with E-state index < -0.39 is 28.4 Å². The van der Waals surface area contributed by atoms with Gasteiger partial charge in [-0.3, -0.25) is 4.72 Å². The molecular formula is C11H15N3O6S. The van der Waals surface area contributed by atoms with E-state index in [1.54, 1.807) is 18.6 Å². The lowest BCUT2D eigenvalue weighted by molar-refractivity contribution is 0.0696. The van der Waals surface area contributed by atoms with E-state index in [-0.39, 0.29) is 16.9 Å². The van der Waals surface area contributed by atoms with E-state index in [9.17, 15) is 18.0 Å². The minimum Gasteiger partial charge on any atom is -0.478 e. The third-order valence-corrected chi connectivity index (χ3v) is 3.03. The van der Waals surface area contributed by atoms with Gasteiger partial charge in [0.05, 0.1) is 23.0 Å². The number of carbonyl (C=O) groups excluding carboxylic acids is 1. The van der Waals surface area contributed by atoms with Crippen LogP contribution < -0.4 is 15.2 Å². The zero-order valence-electron chi connectivity index (χ0n) is 11.3. The molecule has 21 heavy (non-hydrogen) atoms. The number of carboxylic acid groups (broad SMARTS) is 1. The summed E-state index contributed by atoms with van der Waals surface area (Å²) in [5.41, 5.74) is 5.28. The first-order valence-electron chi connectivity index (χ1n) is 5.74. The molecule has 0 unspecified atom stereocenters. The van der Waals surface area contributed by atoms with Crippen LogP contribution in [0.5, 0.6) is 0 Å². The van der Waals surface area contributed by atoms with Crippen molar-refractivity contribution in [3.63, 3.8) is 0 Å². The minimum atomic E-state index is -4.24. The van der Waals surface area contributed by atoms with Crippen LogP contribution in [0.4, 0.5) is 16.2 Å². The fraction of sp³-hybridized carbons (Fsp3) is 0.273. The molecule has 0 radical (unpaired) electrons. The van der Waals surface area contributed by atoms with Crippen molar-refractivity contribution in [2.75, 3.05) is 10.5 Å². The standard InChI is InChI=1S/C11H15N3O6S/c1-6(2)20-11(17)14-21(18,19)13-9-4-3-7(10(15)16)5-8(9)12/h3-6,13H,12H2,1-2H3,(H,14,17)(H,15,16). The molecule has 5 N–H and O–H groups in total. The number of anilines is 2. The van der Waals surface area contributed by atoms with Gasteiger partial charge in [0.15, 0.2) is 0 Å². The van der Waals surface area contributed by atoms with Crippen LogP contribution >= 0.6 is 0 Å². The van der Waals surface area contributed by atoms with Gasteiger partial charge in [-0.1, -0.05) is 0 Å². The van der Waals surface area contributed by atoms with E-state index in [2.05, 4.69) is 4.74 Å². The highest BCUT2D eigenvalue weighted by Gasteiger charge is 2.18. The molecule has 0 aliphatic rings. The first kappa shape index (κ1) is 16.6. The first-order chi connectivity index (χ1) is 9.60. The SMILES string of the molecule is CC(C)OC(=O)NS(=O)(=O)Nc1ccc(C(=O)O)cc1N. The van der Waals surface area contributed by atoms with Crippen molar-refractivity contribution in [3.8, 4) is 0 Å². The molecule has 0 aliphatic heterocycles. The lowest BCUT2D eigenvalue weighted by Crippen LogP contribution is -2.37. The Morgan fingerprint density at radius 3 is 2.43 bits per heavy atom. The molecule has 9 nitrogen and oxygen atoms in total. The Labute approximate surface area is 121 Å². The number of rotatable bonds is 5. The van der Waals surface area contributed by atoms with E-state index in [0.717, 1.165) is 6.07 Å². The van der Waals surface area contributed by atoms with Gasteiger partial charge in [-0.05, 0) is 32.0 Å². The third kappa shape index (κ3) is 5.18. The van der Waals surface area contributed by atoms with Crippen LogP contribution in [-0.2, 0) is 14.9 Å². The number of benzene rings is 1. The Morgan fingerprint density at radius 1 is 1.33 bits per heavy atom. The van der Waals surface area contributed by atoms with E-state index in [0.29, 0.717) is 0 Å². The zero-order valence-corrected chi connectivity index (χ0v) is 12.1. The number of nitrogens with two attached hydrogens (primary N) is 1. The quantitative estimate of drug-likeness (QED) is 0.586. The third-order valence-electron chi connectivity index (χ3n) is 2.10. The number of nitrogens with one attached hydrogen (secondary N) is 2. The highest BCUT2D eigenvalue weighted by molar-refractivity contribution is 7.91. The van der Waals surface area contributed by atoms with Gasteiger partial charge in [-0.25, -0.2) is 14.3 Å². The van der Waals surface area contributed by atoms with Crippen LogP contribution in [0.2, 0.25) is 0 Å². The van der Waals surface area contributed by atoms with Crippen LogP contribution in [-0.4, -0.2) is 31.7 Å². The van der Waals surface area contributed by atoms with Crippen molar-refractivity contribution in [1.82, 2.24) is 4.72 Å². The molecule has 0 bridgehead atoms. The Kier molecular flexibility index (Phi) is 4.97. The van der Waals surface area contributed by atoms with Crippen LogP contribution in [0.3, 0.4) is 0 Å². The second-order valence-electron chi connectivity index (χ2n) is 4.27. The number of nitrogen functional groups attached to an aromatic ring is 1. The van der Waals surface area contributed by atoms with Crippen molar-refractivity contribution < 1.29 is 27.9 Å². The van der Waals surface area contributed by atoms with Crippen LogP contribution in [0.15, 0.2) is 18.2 Å². The topological polar surface area (TPSA) is 148 Å². The maximum atomic E-state index is 11.7. The van der Waals surface area contributed by atoms with Crippen LogP contribution in [0.1, 0.15) is 24.2 Å². The number of amides is 1. The highest BCUT2D eigenvalue weighted by Crippen LogP contribution is 2.20. The van der Waals surface area contributed by atoms with Crippen LogP contribution in [0, 0.1) is 0 Å². The van der Waals surface area contributed by atoms with Crippen molar-refractivity contribution in [2.45, 2.75) is 20.0 Å². The molecule has 0 saturated carbocycles. The summed E-state index contributed by atoms with van der Waals surface area (Å²) in [6.07, 6.45) is -1.63. The summed E-state index contributed by atoms with van der Waals surface area (Å²) in [6, 6.07) is 3.43.